The third kappa shape index (κ3) is 5.03. The molecule has 0 spiro atoms. The van der Waals surface area contributed by atoms with Crippen molar-refractivity contribution in [1.82, 2.24) is 14.9 Å². The molecule has 0 aromatic rings. The number of sulfonamides is 1. The van der Waals surface area contributed by atoms with E-state index in [9.17, 15) is 13.2 Å². The maximum absolute atomic E-state index is 12.2. The first-order chi connectivity index (χ1) is 9.44. The predicted molar refractivity (Wildman–Crippen MR) is 77.8 cm³/mol. The van der Waals surface area contributed by atoms with Gasteiger partial charge in [0.15, 0.2) is 0 Å². The van der Waals surface area contributed by atoms with Gasteiger partial charge in [-0.1, -0.05) is 0 Å². The van der Waals surface area contributed by atoms with Crippen LogP contribution in [0.25, 0.3) is 0 Å². The monoisotopic (exact) mass is 303 g/mol. The second kappa shape index (κ2) is 6.87. The number of likely N-dealkylation sites (tertiary alicyclic amines) is 1. The predicted octanol–water partition coefficient (Wildman–Crippen LogP) is -0.0837. The van der Waals surface area contributed by atoms with E-state index in [0.717, 1.165) is 25.9 Å². The van der Waals surface area contributed by atoms with Crippen molar-refractivity contribution in [2.24, 2.45) is 5.92 Å². The van der Waals surface area contributed by atoms with Gasteiger partial charge in [-0.25, -0.2) is 13.1 Å². The lowest BCUT2D eigenvalue weighted by Gasteiger charge is -2.33. The van der Waals surface area contributed by atoms with Crippen LogP contribution in [0.3, 0.4) is 0 Å². The molecule has 0 saturated carbocycles. The summed E-state index contributed by atoms with van der Waals surface area (Å²) >= 11 is 0. The Hall–Kier alpha value is -0.660. The van der Waals surface area contributed by atoms with Crippen LogP contribution in [0.15, 0.2) is 0 Å². The molecule has 0 atom stereocenters. The molecule has 0 unspecified atom stereocenters. The third-order valence-corrected chi connectivity index (χ3v) is 4.91. The number of hydrogen-bond acceptors (Lipinski definition) is 4. The van der Waals surface area contributed by atoms with Crippen LogP contribution < -0.4 is 10.0 Å². The Morgan fingerprint density at radius 1 is 1.20 bits per heavy atom. The summed E-state index contributed by atoms with van der Waals surface area (Å²) in [6, 6.07) is -0.0204. The maximum Gasteiger partial charge on any atom is 0.222 e. The van der Waals surface area contributed by atoms with Crippen LogP contribution in [0.4, 0.5) is 0 Å². The number of nitrogens with zero attached hydrogens (tertiary/aromatic N) is 1. The SMILES string of the molecule is CS(=O)(=O)NC1CCN(C(=O)CC2CCNCC2)CC1. The zero-order valence-corrected chi connectivity index (χ0v) is 12.9. The highest BCUT2D eigenvalue weighted by atomic mass is 32.2. The summed E-state index contributed by atoms with van der Waals surface area (Å²) in [5.74, 6) is 0.741. The number of amides is 1. The van der Waals surface area contributed by atoms with E-state index < -0.39 is 10.0 Å². The van der Waals surface area contributed by atoms with Crippen LogP contribution in [0.1, 0.15) is 32.1 Å². The van der Waals surface area contributed by atoms with Crippen molar-refractivity contribution >= 4 is 15.9 Å². The Morgan fingerprint density at radius 2 is 1.80 bits per heavy atom. The number of nitrogens with one attached hydrogen (secondary N) is 2. The Morgan fingerprint density at radius 3 is 2.35 bits per heavy atom. The fraction of sp³-hybridized carbons (Fsp3) is 0.923. The molecule has 1 amide bonds. The summed E-state index contributed by atoms with van der Waals surface area (Å²) in [4.78, 5) is 14.1. The van der Waals surface area contributed by atoms with E-state index in [2.05, 4.69) is 10.0 Å². The lowest BCUT2D eigenvalue weighted by atomic mass is 9.93. The summed E-state index contributed by atoms with van der Waals surface area (Å²) < 4.78 is 25.0. The van der Waals surface area contributed by atoms with Gasteiger partial charge in [0.2, 0.25) is 15.9 Å². The standard InChI is InChI=1S/C13H25N3O3S/c1-20(18,19)15-12-4-8-16(9-5-12)13(17)10-11-2-6-14-7-3-11/h11-12,14-15H,2-10H2,1H3. The van der Waals surface area contributed by atoms with E-state index in [-0.39, 0.29) is 11.9 Å². The van der Waals surface area contributed by atoms with Crippen LogP contribution in [-0.2, 0) is 14.8 Å². The topological polar surface area (TPSA) is 78.5 Å². The minimum absolute atomic E-state index is 0.0204. The molecule has 0 aliphatic carbocycles. The maximum atomic E-state index is 12.2. The van der Waals surface area contributed by atoms with Gasteiger partial charge in [-0.3, -0.25) is 4.79 Å². The Labute approximate surface area is 121 Å². The molecule has 0 bridgehead atoms. The average molecular weight is 303 g/mol. The smallest absolute Gasteiger partial charge is 0.222 e. The van der Waals surface area contributed by atoms with Gasteiger partial charge >= 0.3 is 0 Å². The molecule has 2 aliphatic rings. The highest BCUT2D eigenvalue weighted by Crippen LogP contribution is 2.19. The Balaban J connectivity index is 1.74. The molecule has 2 aliphatic heterocycles. The van der Waals surface area contributed by atoms with Crippen molar-refractivity contribution in [2.45, 2.75) is 38.1 Å². The fourth-order valence-corrected chi connectivity index (χ4v) is 3.85. The molecule has 2 fully saturated rings. The van der Waals surface area contributed by atoms with E-state index in [1.54, 1.807) is 0 Å². The highest BCUT2D eigenvalue weighted by molar-refractivity contribution is 7.88. The minimum atomic E-state index is -3.14. The van der Waals surface area contributed by atoms with Crippen LogP contribution in [0.2, 0.25) is 0 Å². The van der Waals surface area contributed by atoms with Crippen molar-refractivity contribution < 1.29 is 13.2 Å². The van der Waals surface area contributed by atoms with Gasteiger partial charge < -0.3 is 10.2 Å². The van der Waals surface area contributed by atoms with Gasteiger partial charge in [0.25, 0.3) is 0 Å². The lowest BCUT2D eigenvalue weighted by Crippen LogP contribution is -2.46. The van der Waals surface area contributed by atoms with Gasteiger partial charge in [-0.15, -0.1) is 0 Å². The molecule has 2 N–H and O–H groups in total. The quantitative estimate of drug-likeness (QED) is 0.761. The molecule has 6 nitrogen and oxygen atoms in total. The first kappa shape index (κ1) is 15.7. The largest absolute Gasteiger partial charge is 0.343 e. The van der Waals surface area contributed by atoms with Crippen molar-refractivity contribution in [3.8, 4) is 0 Å². The van der Waals surface area contributed by atoms with Crippen molar-refractivity contribution in [3.05, 3.63) is 0 Å². The van der Waals surface area contributed by atoms with Crippen molar-refractivity contribution in [1.29, 1.82) is 0 Å². The normalized spacial score (nSPS) is 22.9. The Kier molecular flexibility index (Phi) is 5.40. The van der Waals surface area contributed by atoms with Gasteiger partial charge in [0.05, 0.1) is 6.26 Å². The molecular formula is C13H25N3O3S. The molecular weight excluding hydrogens is 278 g/mol. The first-order valence-corrected chi connectivity index (χ1v) is 9.29. The fourth-order valence-electron chi connectivity index (χ4n) is 3.01. The van der Waals surface area contributed by atoms with Crippen molar-refractivity contribution in [3.63, 3.8) is 0 Å². The van der Waals surface area contributed by atoms with Gasteiger partial charge in [0.1, 0.15) is 0 Å². The molecule has 0 aromatic heterocycles. The number of piperidine rings is 2. The van der Waals surface area contributed by atoms with Crippen LogP contribution in [0, 0.1) is 5.92 Å². The zero-order chi connectivity index (χ0) is 14.6. The van der Waals surface area contributed by atoms with Crippen molar-refractivity contribution in [2.75, 3.05) is 32.4 Å². The summed E-state index contributed by atoms with van der Waals surface area (Å²) in [5.41, 5.74) is 0. The summed E-state index contributed by atoms with van der Waals surface area (Å²) in [7, 11) is -3.14. The molecule has 20 heavy (non-hydrogen) atoms. The van der Waals surface area contributed by atoms with E-state index in [4.69, 9.17) is 0 Å². The lowest BCUT2D eigenvalue weighted by molar-refractivity contribution is -0.133. The first-order valence-electron chi connectivity index (χ1n) is 7.40. The zero-order valence-electron chi connectivity index (χ0n) is 12.1. The molecule has 0 aromatic carbocycles. The highest BCUT2D eigenvalue weighted by Gasteiger charge is 2.26. The molecule has 116 valence electrons. The summed E-state index contributed by atoms with van der Waals surface area (Å²) in [6.45, 7) is 3.35. The second-order valence-electron chi connectivity index (χ2n) is 5.94. The Bertz CT molecular complexity index is 424. The van der Waals surface area contributed by atoms with E-state index >= 15 is 0 Å². The number of carbonyl (C=O) groups excluding carboxylic acids is 1. The van der Waals surface area contributed by atoms with Crippen LogP contribution in [0.5, 0.6) is 0 Å². The van der Waals surface area contributed by atoms with E-state index in [0.29, 0.717) is 38.3 Å². The second-order valence-corrected chi connectivity index (χ2v) is 7.72. The van der Waals surface area contributed by atoms with Crippen LogP contribution in [-0.4, -0.2) is 57.7 Å². The summed E-state index contributed by atoms with van der Waals surface area (Å²) in [5, 5.41) is 3.30. The molecule has 2 rings (SSSR count). The number of carbonyl (C=O) groups is 1. The number of hydrogen-bond donors (Lipinski definition) is 2. The molecule has 2 saturated heterocycles. The average Bonchev–Trinajstić information content (AvgIpc) is 2.39. The minimum Gasteiger partial charge on any atom is -0.343 e. The summed E-state index contributed by atoms with van der Waals surface area (Å²) in [6.07, 6.45) is 5.42. The van der Waals surface area contributed by atoms with Gasteiger partial charge in [-0.2, -0.15) is 0 Å². The molecule has 2 heterocycles. The van der Waals surface area contributed by atoms with Gasteiger partial charge in [0, 0.05) is 25.6 Å². The molecule has 7 heteroatoms. The van der Waals surface area contributed by atoms with Crippen LogP contribution >= 0.6 is 0 Å². The van der Waals surface area contributed by atoms with Gasteiger partial charge in [-0.05, 0) is 44.7 Å². The van der Waals surface area contributed by atoms with E-state index in [1.807, 2.05) is 4.90 Å². The third-order valence-electron chi connectivity index (χ3n) is 4.15. The van der Waals surface area contributed by atoms with E-state index in [1.165, 1.54) is 6.26 Å². The molecule has 0 radical (unpaired) electrons. The number of rotatable bonds is 4.